The first-order chi connectivity index (χ1) is 19.9. The van der Waals surface area contributed by atoms with Gasteiger partial charge >= 0.3 is 5.97 Å². The fourth-order valence-corrected chi connectivity index (χ4v) is 5.68. The van der Waals surface area contributed by atoms with Crippen LogP contribution in [0.2, 0.25) is 0 Å². The molecule has 3 aromatic carbocycles. The van der Waals surface area contributed by atoms with Crippen LogP contribution >= 0.6 is 11.3 Å². The molecule has 1 aromatic heterocycles. The number of ether oxygens (including phenoxy) is 3. The van der Waals surface area contributed by atoms with Gasteiger partial charge in [0.1, 0.15) is 12.4 Å². The molecule has 0 radical (unpaired) electrons. The molecule has 0 amide bonds. The van der Waals surface area contributed by atoms with Crippen LogP contribution in [-0.2, 0) is 16.1 Å². The normalized spacial score (nSPS) is 14.8. The second-order valence-corrected chi connectivity index (χ2v) is 10.3. The molecule has 2 heterocycles. The van der Waals surface area contributed by atoms with Crippen LogP contribution in [0.25, 0.3) is 6.08 Å². The molecule has 7 nitrogen and oxygen atoms in total. The first kappa shape index (κ1) is 28.0. The van der Waals surface area contributed by atoms with Gasteiger partial charge in [0.15, 0.2) is 16.3 Å². The largest absolute Gasteiger partial charge is 0.490 e. The number of hydrogen-bond acceptors (Lipinski definition) is 7. The smallest absolute Gasteiger partial charge is 0.338 e. The lowest BCUT2D eigenvalue weighted by molar-refractivity contribution is -0.139. The van der Waals surface area contributed by atoms with Crippen molar-refractivity contribution in [2.75, 3.05) is 13.2 Å². The molecule has 1 atom stereocenters. The molecule has 5 rings (SSSR count). The fourth-order valence-electron chi connectivity index (χ4n) is 4.64. The molecule has 0 saturated heterocycles. The van der Waals surface area contributed by atoms with Gasteiger partial charge in [-0.2, -0.15) is 0 Å². The number of carbonyl (C=O) groups excluding carboxylic acids is 1. The van der Waals surface area contributed by atoms with E-state index in [0.29, 0.717) is 38.7 Å². The molecule has 0 aliphatic carbocycles. The Balaban J connectivity index is 1.53. The summed E-state index contributed by atoms with van der Waals surface area (Å²) in [6.45, 7) is 6.27. The van der Waals surface area contributed by atoms with Crippen molar-refractivity contribution in [2.45, 2.75) is 33.4 Å². The topological polar surface area (TPSA) is 79.1 Å². The van der Waals surface area contributed by atoms with E-state index in [1.54, 1.807) is 42.7 Å². The van der Waals surface area contributed by atoms with Gasteiger partial charge in [-0.1, -0.05) is 59.9 Å². The van der Waals surface area contributed by atoms with Crippen LogP contribution in [0.4, 0.5) is 4.39 Å². The molecule has 0 N–H and O–H groups in total. The molecule has 1 aliphatic rings. The second-order valence-electron chi connectivity index (χ2n) is 9.27. The molecule has 1 unspecified atom stereocenters. The van der Waals surface area contributed by atoms with E-state index in [2.05, 4.69) is 4.99 Å². The molecule has 9 heteroatoms. The second kappa shape index (κ2) is 12.3. The number of thiazole rings is 1. The predicted octanol–water partition coefficient (Wildman–Crippen LogP) is 4.92. The van der Waals surface area contributed by atoms with Gasteiger partial charge in [0, 0.05) is 0 Å². The highest BCUT2D eigenvalue weighted by Gasteiger charge is 2.33. The Hall–Kier alpha value is -4.50. The monoisotopic (exact) mass is 572 g/mol. The Kier molecular flexibility index (Phi) is 8.45. The number of esters is 1. The third-order valence-electron chi connectivity index (χ3n) is 6.51. The van der Waals surface area contributed by atoms with Crippen molar-refractivity contribution < 1.29 is 23.4 Å². The number of benzene rings is 3. The number of hydrogen-bond donors (Lipinski definition) is 0. The Morgan fingerprint density at radius 2 is 1.76 bits per heavy atom. The maximum absolute atomic E-state index is 13.8. The number of aromatic nitrogens is 1. The van der Waals surface area contributed by atoms with Crippen molar-refractivity contribution in [3.8, 4) is 11.5 Å². The number of fused-ring (bicyclic) bond motifs is 1. The molecule has 0 fully saturated rings. The molecule has 0 spiro atoms. The van der Waals surface area contributed by atoms with Crippen LogP contribution < -0.4 is 24.4 Å². The first-order valence-electron chi connectivity index (χ1n) is 13.3. The van der Waals surface area contributed by atoms with Crippen molar-refractivity contribution >= 4 is 23.4 Å². The number of nitrogens with zero attached hydrogens (tertiary/aromatic N) is 2. The maximum Gasteiger partial charge on any atom is 0.338 e. The minimum absolute atomic E-state index is 0.216. The Bertz CT molecular complexity index is 1780. The van der Waals surface area contributed by atoms with Crippen molar-refractivity contribution in [1.29, 1.82) is 0 Å². The minimum Gasteiger partial charge on any atom is -0.490 e. The molecular weight excluding hydrogens is 543 g/mol. The number of rotatable bonds is 9. The number of halogens is 1. The van der Waals surface area contributed by atoms with E-state index in [9.17, 15) is 14.0 Å². The summed E-state index contributed by atoms with van der Waals surface area (Å²) in [5.74, 6) is 0.266. The predicted molar refractivity (Wildman–Crippen MR) is 155 cm³/mol. The van der Waals surface area contributed by atoms with Gasteiger partial charge in [-0.25, -0.2) is 14.2 Å². The Morgan fingerprint density at radius 1 is 1.00 bits per heavy atom. The molecule has 0 bridgehead atoms. The summed E-state index contributed by atoms with van der Waals surface area (Å²) in [7, 11) is 0. The van der Waals surface area contributed by atoms with Crippen molar-refractivity contribution in [3.05, 3.63) is 126 Å². The molecule has 1 aliphatic heterocycles. The van der Waals surface area contributed by atoms with E-state index >= 15 is 0 Å². The standard InChI is InChI=1S/C32H29FN2O5S/c1-4-38-26-17-22(13-16-25(26)40-19-21-11-14-24(33)15-12-21)18-27-30(36)35-29(23-9-7-6-8-10-23)28(31(37)39-5-2)20(3)34-32(35)41-27/h6-18,29H,4-5,19H2,1-3H3. The van der Waals surface area contributed by atoms with Crippen molar-refractivity contribution in [3.63, 3.8) is 0 Å². The first-order valence-corrected chi connectivity index (χ1v) is 14.1. The molecule has 41 heavy (non-hydrogen) atoms. The quantitative estimate of drug-likeness (QED) is 0.266. The summed E-state index contributed by atoms with van der Waals surface area (Å²) in [6, 6.07) is 20.3. The number of allylic oxidation sites excluding steroid dienone is 1. The molecule has 4 aromatic rings. The lowest BCUT2D eigenvalue weighted by Gasteiger charge is -2.24. The lowest BCUT2D eigenvalue weighted by Crippen LogP contribution is -2.39. The van der Waals surface area contributed by atoms with Gasteiger partial charge < -0.3 is 14.2 Å². The SMILES string of the molecule is CCOC(=O)C1=C(C)N=c2sc(=Cc3ccc(OCc4ccc(F)cc4)c(OCC)c3)c(=O)n2C1c1ccccc1. The van der Waals surface area contributed by atoms with Gasteiger partial charge in [-0.05, 0) is 67.8 Å². The summed E-state index contributed by atoms with van der Waals surface area (Å²) in [5.41, 5.74) is 2.96. The van der Waals surface area contributed by atoms with Crippen LogP contribution in [-0.4, -0.2) is 23.8 Å². The molecule has 210 valence electrons. The Labute approximate surface area is 240 Å². The minimum atomic E-state index is -0.658. The van der Waals surface area contributed by atoms with E-state index < -0.39 is 12.0 Å². The number of carbonyl (C=O) groups is 1. The van der Waals surface area contributed by atoms with Crippen molar-refractivity contribution in [2.24, 2.45) is 4.99 Å². The van der Waals surface area contributed by atoms with Crippen molar-refractivity contribution in [1.82, 2.24) is 4.57 Å². The van der Waals surface area contributed by atoms with Crippen LogP contribution in [0.5, 0.6) is 11.5 Å². The van der Waals surface area contributed by atoms with E-state index in [1.165, 1.54) is 23.5 Å². The van der Waals surface area contributed by atoms with Crippen LogP contribution in [0.15, 0.2) is 93.9 Å². The van der Waals surface area contributed by atoms with Gasteiger partial charge in [-0.15, -0.1) is 0 Å². The average Bonchev–Trinajstić information content (AvgIpc) is 3.27. The Morgan fingerprint density at radius 3 is 2.46 bits per heavy atom. The highest BCUT2D eigenvalue weighted by molar-refractivity contribution is 7.07. The zero-order valence-electron chi connectivity index (χ0n) is 22.9. The van der Waals surface area contributed by atoms with E-state index in [0.717, 1.165) is 16.7 Å². The van der Waals surface area contributed by atoms with Gasteiger partial charge in [-0.3, -0.25) is 9.36 Å². The lowest BCUT2D eigenvalue weighted by atomic mass is 9.96. The summed E-state index contributed by atoms with van der Waals surface area (Å²) in [6.07, 6.45) is 1.78. The summed E-state index contributed by atoms with van der Waals surface area (Å²) in [5, 5.41) is 0. The maximum atomic E-state index is 13.8. The van der Waals surface area contributed by atoms with Gasteiger partial charge in [0.25, 0.3) is 5.56 Å². The third-order valence-corrected chi connectivity index (χ3v) is 7.49. The highest BCUT2D eigenvalue weighted by atomic mass is 32.1. The van der Waals surface area contributed by atoms with Crippen LogP contribution in [0.3, 0.4) is 0 Å². The third kappa shape index (κ3) is 6.00. The zero-order chi connectivity index (χ0) is 28.9. The fraction of sp³-hybridized carbons (Fsp3) is 0.219. The van der Waals surface area contributed by atoms with Crippen LogP contribution in [0.1, 0.15) is 43.5 Å². The van der Waals surface area contributed by atoms with E-state index in [-0.39, 0.29) is 24.6 Å². The summed E-state index contributed by atoms with van der Waals surface area (Å²) in [4.78, 5) is 31.9. The highest BCUT2D eigenvalue weighted by Crippen LogP contribution is 2.31. The van der Waals surface area contributed by atoms with E-state index in [4.69, 9.17) is 14.2 Å². The summed E-state index contributed by atoms with van der Waals surface area (Å²) >= 11 is 1.26. The van der Waals surface area contributed by atoms with E-state index in [1.807, 2.05) is 49.4 Å². The van der Waals surface area contributed by atoms with Gasteiger partial charge in [0.05, 0.1) is 35.1 Å². The van der Waals surface area contributed by atoms with Crippen LogP contribution in [0, 0.1) is 5.82 Å². The summed E-state index contributed by atoms with van der Waals surface area (Å²) < 4.78 is 32.4. The van der Waals surface area contributed by atoms with Gasteiger partial charge in [0.2, 0.25) is 0 Å². The zero-order valence-corrected chi connectivity index (χ0v) is 23.7. The average molecular weight is 573 g/mol. The molecular formula is C32H29FN2O5S. The molecule has 0 saturated carbocycles.